The normalized spacial score (nSPS) is 10.3. The van der Waals surface area contributed by atoms with Crippen LogP contribution < -0.4 is 0 Å². The van der Waals surface area contributed by atoms with Crippen LogP contribution in [0.4, 0.5) is 13.2 Å². The zero-order valence-electron chi connectivity index (χ0n) is 5.07. The van der Waals surface area contributed by atoms with Crippen LogP contribution in [0.25, 0.3) is 0 Å². The molecule has 0 aromatic rings. The highest BCUT2D eigenvalue weighted by molar-refractivity contribution is 5.75. The average Bonchev–Trinajstić information content (AvgIpc) is 1.60. The summed E-state index contributed by atoms with van der Waals surface area (Å²) in [7, 11) is 0. The molecular weight excluding hydrogens is 147 g/mol. The lowest BCUT2D eigenvalue weighted by molar-refractivity contribution is -0.220. The lowest BCUT2D eigenvalue weighted by Gasteiger charge is -2.15. The van der Waals surface area contributed by atoms with Crippen LogP contribution in [0.5, 0.6) is 0 Å². The third kappa shape index (κ3) is 1.97. The second-order valence-corrected chi connectivity index (χ2v) is 1.45. The highest BCUT2D eigenvalue weighted by Gasteiger charge is 2.38. The Labute approximate surface area is 55.6 Å². The first-order valence-corrected chi connectivity index (χ1v) is 2.23. The van der Waals surface area contributed by atoms with E-state index in [1.165, 1.54) is 6.04 Å². The van der Waals surface area contributed by atoms with E-state index in [0.717, 1.165) is 6.92 Å². The molecule has 56 valence electrons. The maximum atomic E-state index is 11.5. The van der Waals surface area contributed by atoms with Gasteiger partial charge in [0.05, 0.1) is 0 Å². The monoisotopic (exact) mass is 151 g/mol. The molecule has 0 rings (SSSR count). The SMILES string of the molecule is C#CN(C(C)=O)C(F)(F)F. The molecule has 0 saturated heterocycles. The smallest absolute Gasteiger partial charge is 0.274 e. The molecule has 0 bridgehead atoms. The summed E-state index contributed by atoms with van der Waals surface area (Å²) in [5.41, 5.74) is 0. The van der Waals surface area contributed by atoms with Crippen LogP contribution in [0, 0.1) is 12.5 Å². The van der Waals surface area contributed by atoms with Crippen molar-refractivity contribution in [3.63, 3.8) is 0 Å². The molecule has 5 heteroatoms. The molecular formula is C5H4F3NO. The van der Waals surface area contributed by atoms with Crippen LogP contribution in [-0.2, 0) is 4.79 Å². The van der Waals surface area contributed by atoms with Crippen molar-refractivity contribution < 1.29 is 18.0 Å². The summed E-state index contributed by atoms with van der Waals surface area (Å²) in [5, 5.41) is 0. The third-order valence-electron chi connectivity index (χ3n) is 0.698. The van der Waals surface area contributed by atoms with Gasteiger partial charge in [-0.15, -0.1) is 13.2 Å². The van der Waals surface area contributed by atoms with Gasteiger partial charge in [-0.1, -0.05) is 6.42 Å². The Kier molecular flexibility index (Phi) is 2.30. The molecule has 0 heterocycles. The summed E-state index contributed by atoms with van der Waals surface area (Å²) in [6.07, 6.45) is -0.368. The fourth-order valence-corrected chi connectivity index (χ4v) is 0.343. The Bertz CT molecular complexity index is 178. The van der Waals surface area contributed by atoms with Crippen molar-refractivity contribution in [1.82, 2.24) is 4.90 Å². The van der Waals surface area contributed by atoms with Crippen molar-refractivity contribution >= 4 is 5.91 Å². The molecule has 0 aliphatic heterocycles. The molecule has 0 fully saturated rings. The number of amides is 1. The van der Waals surface area contributed by atoms with Gasteiger partial charge in [0.25, 0.3) is 0 Å². The Morgan fingerprint density at radius 3 is 2.00 bits per heavy atom. The first-order chi connectivity index (χ1) is 4.39. The van der Waals surface area contributed by atoms with Gasteiger partial charge in [-0.2, -0.15) is 4.90 Å². The van der Waals surface area contributed by atoms with E-state index >= 15 is 0 Å². The topological polar surface area (TPSA) is 20.3 Å². The number of carbonyl (C=O) groups is 1. The first-order valence-electron chi connectivity index (χ1n) is 2.23. The fraction of sp³-hybridized carbons (Fsp3) is 0.400. The zero-order valence-corrected chi connectivity index (χ0v) is 5.07. The number of halogens is 3. The molecule has 2 nitrogen and oxygen atoms in total. The molecule has 0 unspecified atom stereocenters. The number of hydrogen-bond acceptors (Lipinski definition) is 1. The molecule has 0 aromatic carbocycles. The van der Waals surface area contributed by atoms with Gasteiger partial charge in [0.1, 0.15) is 0 Å². The maximum Gasteiger partial charge on any atom is 0.498 e. The highest BCUT2D eigenvalue weighted by Crippen LogP contribution is 2.19. The van der Waals surface area contributed by atoms with Gasteiger partial charge in [-0.25, -0.2) is 0 Å². The van der Waals surface area contributed by atoms with Crippen molar-refractivity contribution in [1.29, 1.82) is 0 Å². The van der Waals surface area contributed by atoms with Crippen molar-refractivity contribution in [2.24, 2.45) is 0 Å². The summed E-state index contributed by atoms with van der Waals surface area (Å²) < 4.78 is 34.6. The number of carbonyl (C=O) groups excluding carboxylic acids is 1. The van der Waals surface area contributed by atoms with Crippen molar-refractivity contribution in [2.45, 2.75) is 13.2 Å². The van der Waals surface area contributed by atoms with Gasteiger partial charge >= 0.3 is 6.30 Å². The first kappa shape index (κ1) is 8.82. The lowest BCUT2D eigenvalue weighted by atomic mass is 10.6. The Hall–Kier alpha value is -1.18. The van der Waals surface area contributed by atoms with E-state index in [-0.39, 0.29) is 0 Å². The summed E-state index contributed by atoms with van der Waals surface area (Å²) in [5.74, 6) is -1.21. The second kappa shape index (κ2) is 2.60. The predicted octanol–water partition coefficient (Wildman–Crippen LogP) is 0.945. The second-order valence-electron chi connectivity index (χ2n) is 1.45. The predicted molar refractivity (Wildman–Crippen MR) is 27.4 cm³/mol. The molecule has 1 amide bonds. The van der Waals surface area contributed by atoms with E-state index in [2.05, 4.69) is 6.42 Å². The molecule has 10 heavy (non-hydrogen) atoms. The minimum absolute atomic E-state index is 0.632. The average molecular weight is 151 g/mol. The molecule has 0 spiro atoms. The largest absolute Gasteiger partial charge is 0.498 e. The molecule has 0 radical (unpaired) electrons. The Morgan fingerprint density at radius 1 is 1.60 bits per heavy atom. The fourth-order valence-electron chi connectivity index (χ4n) is 0.343. The summed E-state index contributed by atoms with van der Waals surface area (Å²) in [6, 6.07) is 1.20. The van der Waals surface area contributed by atoms with Gasteiger partial charge in [0, 0.05) is 13.0 Å². The summed E-state index contributed by atoms with van der Waals surface area (Å²) in [6.45, 7) is 0.743. The van der Waals surface area contributed by atoms with Crippen LogP contribution >= 0.6 is 0 Å². The number of rotatable bonds is 0. The van der Waals surface area contributed by atoms with Crippen molar-refractivity contribution in [2.75, 3.05) is 0 Å². The van der Waals surface area contributed by atoms with E-state index in [1.54, 1.807) is 0 Å². The molecule has 0 aliphatic carbocycles. The Morgan fingerprint density at radius 2 is 2.00 bits per heavy atom. The van der Waals surface area contributed by atoms with Gasteiger partial charge in [0.2, 0.25) is 5.91 Å². The third-order valence-corrected chi connectivity index (χ3v) is 0.698. The Balaban J connectivity index is 4.42. The van der Waals surface area contributed by atoms with Gasteiger partial charge in [0.15, 0.2) is 0 Å². The standard InChI is InChI=1S/C5H4F3NO/c1-3-9(4(2)10)5(6,7)8/h1H,2H3. The molecule has 0 aromatic heterocycles. The molecule has 0 N–H and O–H groups in total. The van der Waals surface area contributed by atoms with E-state index in [9.17, 15) is 18.0 Å². The lowest BCUT2D eigenvalue weighted by Crippen LogP contribution is -2.37. The van der Waals surface area contributed by atoms with E-state index < -0.39 is 17.1 Å². The number of terminal acetylenes is 1. The minimum Gasteiger partial charge on any atom is -0.274 e. The number of hydrogen-bond donors (Lipinski definition) is 0. The van der Waals surface area contributed by atoms with Crippen LogP contribution in [0.2, 0.25) is 0 Å². The van der Waals surface area contributed by atoms with Crippen molar-refractivity contribution in [3.8, 4) is 12.5 Å². The van der Waals surface area contributed by atoms with E-state index in [0.29, 0.717) is 0 Å². The molecule has 0 aliphatic rings. The van der Waals surface area contributed by atoms with E-state index in [1.807, 2.05) is 0 Å². The van der Waals surface area contributed by atoms with Crippen LogP contribution in [-0.4, -0.2) is 17.1 Å². The quantitative estimate of drug-likeness (QED) is 0.286. The van der Waals surface area contributed by atoms with Gasteiger partial charge in [-0.3, -0.25) is 4.79 Å². The summed E-state index contributed by atoms with van der Waals surface area (Å²) in [4.78, 5) is 9.45. The van der Waals surface area contributed by atoms with E-state index in [4.69, 9.17) is 0 Å². The number of nitrogens with zero attached hydrogens (tertiary/aromatic N) is 1. The van der Waals surface area contributed by atoms with Gasteiger partial charge in [-0.05, 0) is 0 Å². The number of alkyl halides is 3. The van der Waals surface area contributed by atoms with Crippen LogP contribution in [0.3, 0.4) is 0 Å². The molecule has 0 atom stereocenters. The molecule has 0 saturated carbocycles. The van der Waals surface area contributed by atoms with Gasteiger partial charge < -0.3 is 0 Å². The highest BCUT2D eigenvalue weighted by atomic mass is 19.4. The van der Waals surface area contributed by atoms with Crippen LogP contribution in [0.1, 0.15) is 6.92 Å². The minimum atomic E-state index is -4.76. The van der Waals surface area contributed by atoms with Crippen LogP contribution in [0.15, 0.2) is 0 Å². The summed E-state index contributed by atoms with van der Waals surface area (Å²) >= 11 is 0. The maximum absolute atomic E-state index is 11.5. The van der Waals surface area contributed by atoms with Crippen molar-refractivity contribution in [3.05, 3.63) is 0 Å². The zero-order chi connectivity index (χ0) is 8.36.